The molecule has 0 saturated carbocycles. The van der Waals surface area contributed by atoms with E-state index in [1.165, 1.54) is 11.1 Å². The second kappa shape index (κ2) is 11.8. The molecule has 7 nitrogen and oxygen atoms in total. The van der Waals surface area contributed by atoms with Crippen LogP contribution in [0.2, 0.25) is 0 Å². The number of imidazole rings is 1. The molecule has 5 rings (SSSR count). The number of nitriles is 1. The Morgan fingerprint density at radius 1 is 1.05 bits per heavy atom. The van der Waals surface area contributed by atoms with Gasteiger partial charge in [0.05, 0.1) is 31.1 Å². The van der Waals surface area contributed by atoms with E-state index in [-0.39, 0.29) is 11.9 Å². The number of nitrogens with zero attached hydrogens (tertiary/aromatic N) is 4. The first kappa shape index (κ1) is 25.2. The summed E-state index contributed by atoms with van der Waals surface area (Å²) in [5.41, 5.74) is 6.42. The van der Waals surface area contributed by atoms with E-state index in [1.807, 2.05) is 61.1 Å². The Bertz CT molecular complexity index is 1440. The summed E-state index contributed by atoms with van der Waals surface area (Å²) in [6.07, 6.45) is 5.02. The largest absolute Gasteiger partial charge is 0.497 e. The number of hydrogen-bond donors (Lipinski definition) is 1. The zero-order chi connectivity index (χ0) is 26.3. The summed E-state index contributed by atoms with van der Waals surface area (Å²) < 4.78 is 7.49. The topological polar surface area (TPSA) is 83.2 Å². The van der Waals surface area contributed by atoms with Gasteiger partial charge in [0.15, 0.2) is 0 Å². The van der Waals surface area contributed by atoms with E-state index >= 15 is 0 Å². The average molecular weight is 506 g/mol. The number of nitrogens with one attached hydrogen (secondary N) is 1. The van der Waals surface area contributed by atoms with Gasteiger partial charge in [0.1, 0.15) is 5.75 Å². The second-order valence-electron chi connectivity index (χ2n) is 9.61. The van der Waals surface area contributed by atoms with E-state index in [0.29, 0.717) is 38.0 Å². The highest BCUT2D eigenvalue weighted by Crippen LogP contribution is 2.26. The van der Waals surface area contributed by atoms with Crippen LogP contribution < -0.4 is 10.1 Å². The molecule has 7 heteroatoms. The van der Waals surface area contributed by atoms with Crippen LogP contribution in [0.3, 0.4) is 0 Å². The molecule has 0 radical (unpaired) electrons. The van der Waals surface area contributed by atoms with E-state index in [9.17, 15) is 4.79 Å². The van der Waals surface area contributed by atoms with Crippen LogP contribution in [0.4, 0.5) is 0 Å². The van der Waals surface area contributed by atoms with Crippen LogP contribution in [0.5, 0.6) is 5.75 Å². The molecular formula is C31H31N5O2. The quantitative estimate of drug-likeness (QED) is 0.370. The molecule has 1 aliphatic heterocycles. The van der Waals surface area contributed by atoms with Gasteiger partial charge < -0.3 is 14.6 Å². The van der Waals surface area contributed by atoms with Crippen molar-refractivity contribution in [2.75, 3.05) is 13.7 Å². The van der Waals surface area contributed by atoms with Gasteiger partial charge in [-0.15, -0.1) is 0 Å². The number of amides is 1. The smallest absolute Gasteiger partial charge is 0.237 e. The summed E-state index contributed by atoms with van der Waals surface area (Å²) >= 11 is 0. The average Bonchev–Trinajstić information content (AvgIpc) is 3.39. The first-order valence-corrected chi connectivity index (χ1v) is 12.8. The minimum atomic E-state index is -0.250. The van der Waals surface area contributed by atoms with Crippen LogP contribution in [0.15, 0.2) is 85.3 Å². The molecule has 1 aliphatic rings. The fraction of sp³-hybridized carbons (Fsp3) is 0.258. The van der Waals surface area contributed by atoms with E-state index < -0.39 is 0 Å². The van der Waals surface area contributed by atoms with Gasteiger partial charge in [0.2, 0.25) is 5.91 Å². The zero-order valence-corrected chi connectivity index (χ0v) is 21.5. The number of rotatable bonds is 9. The molecule has 2 heterocycles. The lowest BCUT2D eigenvalue weighted by Gasteiger charge is -2.36. The van der Waals surface area contributed by atoms with Gasteiger partial charge in [-0.25, -0.2) is 4.98 Å². The second-order valence-corrected chi connectivity index (χ2v) is 9.61. The van der Waals surface area contributed by atoms with Gasteiger partial charge in [-0.3, -0.25) is 9.69 Å². The molecule has 1 aromatic heterocycles. The number of aromatic nitrogens is 2. The zero-order valence-electron chi connectivity index (χ0n) is 21.5. The van der Waals surface area contributed by atoms with Crippen molar-refractivity contribution in [3.63, 3.8) is 0 Å². The van der Waals surface area contributed by atoms with Crippen LogP contribution >= 0.6 is 0 Å². The van der Waals surface area contributed by atoms with Crippen LogP contribution in [-0.2, 0) is 37.3 Å². The first-order chi connectivity index (χ1) is 18.6. The van der Waals surface area contributed by atoms with Gasteiger partial charge in [0, 0.05) is 44.5 Å². The molecule has 192 valence electrons. The van der Waals surface area contributed by atoms with Crippen molar-refractivity contribution in [3.05, 3.63) is 119 Å². The summed E-state index contributed by atoms with van der Waals surface area (Å²) in [5, 5.41) is 12.2. The molecule has 1 N–H and O–H groups in total. The Labute approximate surface area is 223 Å². The summed E-state index contributed by atoms with van der Waals surface area (Å²) in [7, 11) is 1.67. The maximum absolute atomic E-state index is 13.5. The van der Waals surface area contributed by atoms with Crippen molar-refractivity contribution in [1.29, 1.82) is 5.26 Å². The van der Waals surface area contributed by atoms with Crippen LogP contribution in [-0.4, -0.2) is 40.1 Å². The minimum Gasteiger partial charge on any atom is -0.497 e. The lowest BCUT2D eigenvalue weighted by molar-refractivity contribution is -0.127. The van der Waals surface area contributed by atoms with Crippen molar-refractivity contribution < 1.29 is 9.53 Å². The molecular weight excluding hydrogens is 474 g/mol. The molecule has 4 aromatic rings. The standard InChI is InChI=1S/C31H31N5O2/c1-38-29-8-4-5-25(15-29)20-35-21-27-7-3-2-6-26(27)16-30(35)31(37)34-14-13-28-18-33-22-36(28)19-24-11-9-23(17-32)10-12-24/h2-12,15,18,22,30H,13-14,16,19-21H2,1H3,(H,34,37)/t30-/m1/s1. The van der Waals surface area contributed by atoms with Crippen molar-refractivity contribution in [1.82, 2.24) is 19.8 Å². The number of hydrogen-bond acceptors (Lipinski definition) is 5. The molecule has 0 fully saturated rings. The van der Waals surface area contributed by atoms with Crippen molar-refractivity contribution in [2.24, 2.45) is 0 Å². The lowest BCUT2D eigenvalue weighted by atomic mass is 9.93. The number of carbonyl (C=O) groups excluding carboxylic acids is 1. The number of methoxy groups -OCH3 is 1. The molecule has 0 saturated heterocycles. The third-order valence-electron chi connectivity index (χ3n) is 7.08. The maximum Gasteiger partial charge on any atom is 0.237 e. The first-order valence-electron chi connectivity index (χ1n) is 12.8. The summed E-state index contributed by atoms with van der Waals surface area (Å²) in [6, 6.07) is 25.9. The summed E-state index contributed by atoms with van der Waals surface area (Å²) in [4.78, 5) is 20.0. The molecule has 1 amide bonds. The number of ether oxygens (including phenoxy) is 1. The molecule has 0 aliphatic carbocycles. The van der Waals surface area contributed by atoms with Gasteiger partial charge in [-0.1, -0.05) is 48.5 Å². The summed E-state index contributed by atoms with van der Waals surface area (Å²) in [6.45, 7) is 2.59. The molecule has 0 unspecified atom stereocenters. The Hall–Kier alpha value is -4.41. The molecule has 38 heavy (non-hydrogen) atoms. The minimum absolute atomic E-state index is 0.0422. The molecule has 0 spiro atoms. The van der Waals surface area contributed by atoms with Crippen molar-refractivity contribution >= 4 is 5.91 Å². The SMILES string of the molecule is COc1cccc(CN2Cc3ccccc3C[C@@H]2C(=O)NCCc2cncn2Cc2ccc(C#N)cc2)c1. The highest BCUT2D eigenvalue weighted by Gasteiger charge is 2.31. The van der Waals surface area contributed by atoms with Crippen LogP contribution in [0.1, 0.15) is 33.5 Å². The Morgan fingerprint density at radius 3 is 2.66 bits per heavy atom. The number of fused-ring (bicyclic) bond motifs is 1. The third-order valence-corrected chi connectivity index (χ3v) is 7.08. The van der Waals surface area contributed by atoms with Crippen LogP contribution in [0.25, 0.3) is 0 Å². The van der Waals surface area contributed by atoms with E-state index in [0.717, 1.165) is 29.1 Å². The molecule has 1 atom stereocenters. The maximum atomic E-state index is 13.5. The summed E-state index contributed by atoms with van der Waals surface area (Å²) in [5.74, 6) is 0.860. The highest BCUT2D eigenvalue weighted by molar-refractivity contribution is 5.82. The highest BCUT2D eigenvalue weighted by atomic mass is 16.5. The van der Waals surface area contributed by atoms with Gasteiger partial charge >= 0.3 is 0 Å². The van der Waals surface area contributed by atoms with Crippen LogP contribution in [0, 0.1) is 11.3 Å². The number of benzene rings is 3. The van der Waals surface area contributed by atoms with E-state index in [4.69, 9.17) is 10.00 Å². The molecule has 3 aromatic carbocycles. The fourth-order valence-corrected chi connectivity index (χ4v) is 5.02. The number of carbonyl (C=O) groups is 1. The lowest BCUT2D eigenvalue weighted by Crippen LogP contribution is -2.50. The van der Waals surface area contributed by atoms with Gasteiger partial charge in [-0.05, 0) is 52.9 Å². The molecule has 0 bridgehead atoms. The Morgan fingerprint density at radius 2 is 1.87 bits per heavy atom. The van der Waals surface area contributed by atoms with Gasteiger partial charge in [-0.2, -0.15) is 5.26 Å². The predicted octanol–water partition coefficient (Wildman–Crippen LogP) is 4.10. The van der Waals surface area contributed by atoms with E-state index in [2.05, 4.69) is 50.1 Å². The monoisotopic (exact) mass is 505 g/mol. The van der Waals surface area contributed by atoms with E-state index in [1.54, 1.807) is 7.11 Å². The Balaban J connectivity index is 1.24. The van der Waals surface area contributed by atoms with Crippen molar-refractivity contribution in [2.45, 2.75) is 38.5 Å². The van der Waals surface area contributed by atoms with Crippen molar-refractivity contribution in [3.8, 4) is 11.8 Å². The van der Waals surface area contributed by atoms with Gasteiger partial charge in [0.25, 0.3) is 0 Å². The fourth-order valence-electron chi connectivity index (χ4n) is 5.02. The third kappa shape index (κ3) is 5.93. The normalized spacial score (nSPS) is 14.9. The predicted molar refractivity (Wildman–Crippen MR) is 145 cm³/mol. The Kier molecular flexibility index (Phi) is 7.81.